The highest BCUT2D eigenvalue weighted by molar-refractivity contribution is 5.95. The van der Waals surface area contributed by atoms with Crippen molar-refractivity contribution in [2.45, 2.75) is 33.4 Å². The van der Waals surface area contributed by atoms with Crippen molar-refractivity contribution in [1.29, 1.82) is 0 Å². The zero-order valence-electron chi connectivity index (χ0n) is 19.7. The maximum Gasteiger partial charge on any atom is 0.254 e. The van der Waals surface area contributed by atoms with Crippen molar-refractivity contribution >= 4 is 11.8 Å². The molecule has 7 nitrogen and oxygen atoms in total. The SMILES string of the molecule is COc1cccc(C(=O)N(Cc2c(-c3cccc(C)c3)noc2N2CCOCC2)C(C)C)c1. The predicted molar refractivity (Wildman–Crippen MR) is 128 cm³/mol. The third kappa shape index (κ3) is 5.03. The minimum absolute atomic E-state index is 0.0264. The van der Waals surface area contributed by atoms with Crippen LogP contribution in [0.1, 0.15) is 35.3 Å². The minimum atomic E-state index is -0.0618. The van der Waals surface area contributed by atoms with Gasteiger partial charge < -0.3 is 23.8 Å². The van der Waals surface area contributed by atoms with E-state index in [1.54, 1.807) is 13.2 Å². The molecule has 4 rings (SSSR count). The van der Waals surface area contributed by atoms with Crippen LogP contribution >= 0.6 is 0 Å². The number of amides is 1. The minimum Gasteiger partial charge on any atom is -0.497 e. The van der Waals surface area contributed by atoms with Gasteiger partial charge in [-0.15, -0.1) is 0 Å². The number of aryl methyl sites for hydroxylation is 1. The van der Waals surface area contributed by atoms with E-state index in [4.69, 9.17) is 14.0 Å². The number of benzene rings is 2. The number of hydrogen-bond acceptors (Lipinski definition) is 6. The molecule has 174 valence electrons. The monoisotopic (exact) mass is 449 g/mol. The summed E-state index contributed by atoms with van der Waals surface area (Å²) in [6.45, 7) is 9.19. The van der Waals surface area contributed by atoms with Gasteiger partial charge in [-0.2, -0.15) is 0 Å². The number of aromatic nitrogens is 1. The van der Waals surface area contributed by atoms with E-state index in [9.17, 15) is 4.79 Å². The number of methoxy groups -OCH3 is 1. The van der Waals surface area contributed by atoms with Crippen molar-refractivity contribution in [3.63, 3.8) is 0 Å². The van der Waals surface area contributed by atoms with Crippen molar-refractivity contribution in [1.82, 2.24) is 10.1 Å². The Morgan fingerprint density at radius 1 is 1.15 bits per heavy atom. The molecule has 1 aliphatic heterocycles. The average molecular weight is 450 g/mol. The number of carbonyl (C=O) groups excluding carboxylic acids is 1. The molecule has 1 amide bonds. The Hall–Kier alpha value is -3.32. The first-order valence-electron chi connectivity index (χ1n) is 11.3. The molecule has 3 aromatic rings. The van der Waals surface area contributed by atoms with E-state index in [-0.39, 0.29) is 11.9 Å². The lowest BCUT2D eigenvalue weighted by molar-refractivity contribution is 0.0689. The molecule has 2 aromatic carbocycles. The molecule has 0 N–H and O–H groups in total. The van der Waals surface area contributed by atoms with Crippen molar-refractivity contribution in [3.05, 3.63) is 65.2 Å². The van der Waals surface area contributed by atoms with Crippen molar-refractivity contribution in [2.75, 3.05) is 38.3 Å². The zero-order chi connectivity index (χ0) is 23.4. The van der Waals surface area contributed by atoms with Crippen LogP contribution in [0.5, 0.6) is 5.75 Å². The van der Waals surface area contributed by atoms with E-state index in [0.717, 1.165) is 35.5 Å². The Labute approximate surface area is 194 Å². The summed E-state index contributed by atoms with van der Waals surface area (Å²) in [7, 11) is 1.60. The quantitative estimate of drug-likeness (QED) is 0.527. The van der Waals surface area contributed by atoms with Gasteiger partial charge in [0, 0.05) is 30.3 Å². The lowest BCUT2D eigenvalue weighted by atomic mass is 10.0. The number of ether oxygens (including phenoxy) is 2. The molecular weight excluding hydrogens is 418 g/mol. The van der Waals surface area contributed by atoms with E-state index in [2.05, 4.69) is 29.1 Å². The summed E-state index contributed by atoms with van der Waals surface area (Å²) < 4.78 is 16.7. The molecular formula is C26H31N3O4. The standard InChI is InChI=1S/C26H31N3O4/c1-18(2)29(25(30)21-9-6-10-22(16-21)31-4)17-23-24(20-8-5-7-19(3)15-20)27-33-26(23)28-11-13-32-14-12-28/h5-10,15-16,18H,11-14,17H2,1-4H3. The van der Waals surface area contributed by atoms with Gasteiger partial charge in [-0.3, -0.25) is 4.79 Å². The molecule has 1 fully saturated rings. The van der Waals surface area contributed by atoms with Crippen LogP contribution in [0.25, 0.3) is 11.3 Å². The maximum absolute atomic E-state index is 13.6. The van der Waals surface area contributed by atoms with Crippen LogP contribution in [0.15, 0.2) is 53.1 Å². The number of carbonyl (C=O) groups is 1. The molecule has 1 aromatic heterocycles. The molecule has 33 heavy (non-hydrogen) atoms. The third-order valence-corrected chi connectivity index (χ3v) is 5.89. The Kier molecular flexibility index (Phi) is 6.99. The summed E-state index contributed by atoms with van der Waals surface area (Å²) in [6.07, 6.45) is 0. The average Bonchev–Trinajstić information content (AvgIpc) is 3.26. The van der Waals surface area contributed by atoms with Gasteiger partial charge in [-0.05, 0) is 45.0 Å². The van der Waals surface area contributed by atoms with Crippen molar-refractivity contribution < 1.29 is 18.8 Å². The van der Waals surface area contributed by atoms with Gasteiger partial charge in [0.1, 0.15) is 11.4 Å². The Balaban J connectivity index is 1.74. The molecule has 1 aliphatic rings. The number of anilines is 1. The predicted octanol–water partition coefficient (Wildman–Crippen LogP) is 4.55. The fourth-order valence-electron chi connectivity index (χ4n) is 4.06. The summed E-state index contributed by atoms with van der Waals surface area (Å²) >= 11 is 0. The van der Waals surface area contributed by atoms with Gasteiger partial charge in [0.15, 0.2) is 0 Å². The lowest BCUT2D eigenvalue weighted by Crippen LogP contribution is -2.39. The van der Waals surface area contributed by atoms with E-state index in [0.29, 0.717) is 37.0 Å². The zero-order valence-corrected chi connectivity index (χ0v) is 19.7. The first kappa shape index (κ1) is 22.9. The number of morpholine rings is 1. The van der Waals surface area contributed by atoms with Gasteiger partial charge in [-0.1, -0.05) is 35.0 Å². The molecule has 2 heterocycles. The highest BCUT2D eigenvalue weighted by Gasteiger charge is 2.29. The van der Waals surface area contributed by atoms with Crippen LogP contribution in [-0.2, 0) is 11.3 Å². The number of hydrogen-bond donors (Lipinski definition) is 0. The highest BCUT2D eigenvalue weighted by atomic mass is 16.5. The number of rotatable bonds is 7. The van der Waals surface area contributed by atoms with Crippen molar-refractivity contribution in [2.24, 2.45) is 0 Å². The van der Waals surface area contributed by atoms with Crippen LogP contribution in [-0.4, -0.2) is 55.4 Å². The van der Waals surface area contributed by atoms with Crippen LogP contribution < -0.4 is 9.64 Å². The van der Waals surface area contributed by atoms with Crippen LogP contribution in [0, 0.1) is 6.92 Å². The summed E-state index contributed by atoms with van der Waals surface area (Å²) in [6, 6.07) is 15.4. The molecule has 7 heteroatoms. The van der Waals surface area contributed by atoms with Gasteiger partial charge in [-0.25, -0.2) is 0 Å². The number of nitrogens with zero attached hydrogens (tertiary/aromatic N) is 3. The Bertz CT molecular complexity index is 1100. The van der Waals surface area contributed by atoms with E-state index in [1.165, 1.54) is 0 Å². The third-order valence-electron chi connectivity index (χ3n) is 5.89. The molecule has 0 atom stereocenters. The molecule has 0 bridgehead atoms. The summed E-state index contributed by atoms with van der Waals surface area (Å²) in [4.78, 5) is 17.6. The lowest BCUT2D eigenvalue weighted by Gasteiger charge is -2.30. The summed E-state index contributed by atoms with van der Waals surface area (Å²) in [5.41, 5.74) is 4.38. The molecule has 0 saturated carbocycles. The molecule has 0 spiro atoms. The van der Waals surface area contributed by atoms with Crippen molar-refractivity contribution in [3.8, 4) is 17.0 Å². The topological polar surface area (TPSA) is 68.0 Å². The molecule has 0 radical (unpaired) electrons. The largest absolute Gasteiger partial charge is 0.497 e. The fourth-order valence-corrected chi connectivity index (χ4v) is 4.06. The second-order valence-electron chi connectivity index (χ2n) is 8.54. The van der Waals surface area contributed by atoms with Gasteiger partial charge in [0.2, 0.25) is 5.88 Å². The molecule has 1 saturated heterocycles. The second-order valence-corrected chi connectivity index (χ2v) is 8.54. The highest BCUT2D eigenvalue weighted by Crippen LogP contribution is 2.34. The van der Waals surface area contributed by atoms with Gasteiger partial charge >= 0.3 is 0 Å². The Morgan fingerprint density at radius 2 is 1.91 bits per heavy atom. The maximum atomic E-state index is 13.6. The smallest absolute Gasteiger partial charge is 0.254 e. The first-order valence-corrected chi connectivity index (χ1v) is 11.3. The normalized spacial score (nSPS) is 13.9. The van der Waals surface area contributed by atoms with Crippen LogP contribution in [0.2, 0.25) is 0 Å². The van der Waals surface area contributed by atoms with E-state index in [1.807, 2.05) is 49.1 Å². The van der Waals surface area contributed by atoms with E-state index >= 15 is 0 Å². The summed E-state index contributed by atoms with van der Waals surface area (Å²) in [5.74, 6) is 1.30. The second kappa shape index (κ2) is 10.1. The van der Waals surface area contributed by atoms with Crippen LogP contribution in [0.4, 0.5) is 5.88 Å². The van der Waals surface area contributed by atoms with E-state index < -0.39 is 0 Å². The Morgan fingerprint density at radius 3 is 2.61 bits per heavy atom. The fraction of sp³-hybridized carbons (Fsp3) is 0.385. The van der Waals surface area contributed by atoms with Gasteiger partial charge in [0.05, 0.1) is 32.4 Å². The summed E-state index contributed by atoms with van der Waals surface area (Å²) in [5, 5.41) is 4.46. The molecule has 0 unspecified atom stereocenters. The van der Waals surface area contributed by atoms with Gasteiger partial charge in [0.25, 0.3) is 5.91 Å². The van der Waals surface area contributed by atoms with Crippen LogP contribution in [0.3, 0.4) is 0 Å². The molecule has 0 aliphatic carbocycles. The first-order chi connectivity index (χ1) is 16.0.